The van der Waals surface area contributed by atoms with Gasteiger partial charge in [-0.15, -0.1) is 22.7 Å². The van der Waals surface area contributed by atoms with E-state index in [4.69, 9.17) is 9.97 Å². The fraction of sp³-hybridized carbons (Fsp3) is 0.429. The zero-order chi connectivity index (χ0) is 49.1. The van der Waals surface area contributed by atoms with E-state index in [-0.39, 0.29) is 21.6 Å². The normalized spacial score (nSPS) is 24.6. The van der Waals surface area contributed by atoms with Crippen LogP contribution in [-0.2, 0) is 29.1 Å². The summed E-state index contributed by atoms with van der Waals surface area (Å²) in [5, 5.41) is 6.16. The van der Waals surface area contributed by atoms with Crippen LogP contribution in [0, 0.1) is 10.8 Å². The van der Waals surface area contributed by atoms with Crippen molar-refractivity contribution in [1.29, 1.82) is 0 Å². The molecular formula is C56H54F6N4S4. The summed E-state index contributed by atoms with van der Waals surface area (Å²) in [4.78, 5) is 15.1. The molecule has 1 saturated heterocycles. The fourth-order valence-corrected chi connectivity index (χ4v) is 18.5. The number of alkyl halides is 6. The summed E-state index contributed by atoms with van der Waals surface area (Å²) in [6.45, 7) is 16.7. The van der Waals surface area contributed by atoms with Crippen LogP contribution in [0.5, 0.6) is 0 Å². The smallest absolute Gasteiger partial charge is 0.371 e. The Bertz CT molecular complexity index is 3220. The van der Waals surface area contributed by atoms with Gasteiger partial charge in [0.05, 0.1) is 42.6 Å². The van der Waals surface area contributed by atoms with Crippen molar-refractivity contribution in [3.05, 3.63) is 118 Å². The monoisotopic (exact) mass is 1020 g/mol. The highest BCUT2D eigenvalue weighted by molar-refractivity contribution is 8.00. The van der Waals surface area contributed by atoms with Crippen LogP contribution in [0.4, 0.5) is 37.7 Å². The first-order valence-corrected chi connectivity index (χ1v) is 28.0. The molecule has 364 valence electrons. The molecule has 12 rings (SSSR count). The minimum absolute atomic E-state index is 0.0358. The Morgan fingerprint density at radius 2 is 1.26 bits per heavy atom. The van der Waals surface area contributed by atoms with Crippen molar-refractivity contribution in [2.75, 3.05) is 16.8 Å². The van der Waals surface area contributed by atoms with Gasteiger partial charge in [-0.3, -0.25) is 0 Å². The van der Waals surface area contributed by atoms with Crippen LogP contribution in [-0.4, -0.2) is 39.6 Å². The van der Waals surface area contributed by atoms with Crippen LogP contribution in [0.3, 0.4) is 0 Å². The number of fused-ring (bicyclic) bond motifs is 8. The Morgan fingerprint density at radius 1 is 0.643 bits per heavy atom. The van der Waals surface area contributed by atoms with Gasteiger partial charge in [0.2, 0.25) is 5.41 Å². The minimum atomic E-state index is -5.65. The molecule has 0 spiro atoms. The van der Waals surface area contributed by atoms with E-state index in [1.165, 1.54) is 67.9 Å². The van der Waals surface area contributed by atoms with E-state index in [0.29, 0.717) is 33.3 Å². The number of benzene rings is 5. The first kappa shape index (κ1) is 46.8. The van der Waals surface area contributed by atoms with Gasteiger partial charge in [-0.25, -0.2) is 9.97 Å². The number of halogens is 6. The standard InChI is InChI=1S/C56H54F6N4S4/c1-8-50(6)27-33-22-35(18-20-36(33)50)54(55(57,58)59,56(60,61)62)34-16-13-30(14-17-34)46-63-38-23-43-40(24-42(38)67-46)65-48(69-43)52(10-3,11-4)53(12-5)28-32-21-31(15-19-37(32)53)47-64-39-25-45-41(26-44(39)68-47)66-29-51(7,9-2)49(66)70-45/h13-26,48-49,65H,8-12,27-29H2,1-7H3. The van der Waals surface area contributed by atoms with Crippen molar-refractivity contribution in [2.45, 2.75) is 143 Å². The van der Waals surface area contributed by atoms with E-state index in [1.807, 2.05) is 37.4 Å². The molecule has 1 N–H and O–H groups in total. The Kier molecular flexibility index (Phi) is 10.5. The van der Waals surface area contributed by atoms with Gasteiger partial charge in [-0.1, -0.05) is 127 Å². The van der Waals surface area contributed by atoms with Crippen molar-refractivity contribution < 1.29 is 26.3 Å². The molecule has 2 aromatic heterocycles. The molecule has 5 aliphatic rings. The third-order valence-electron chi connectivity index (χ3n) is 17.9. The number of aromatic nitrogens is 2. The molecule has 3 aliphatic heterocycles. The summed E-state index contributed by atoms with van der Waals surface area (Å²) in [6.07, 6.45) is -4.98. The fourth-order valence-electron chi connectivity index (χ4n) is 13.3. The van der Waals surface area contributed by atoms with Crippen LogP contribution >= 0.6 is 46.2 Å². The van der Waals surface area contributed by atoms with Crippen molar-refractivity contribution in [1.82, 2.24) is 9.97 Å². The maximum atomic E-state index is 15.1. The molecule has 14 heteroatoms. The SMILES string of the molecule is CCC1(C)Cc2cc(C(c3ccc(-c4nc5cc6c(cc5s4)NC(C(CC)(CC)C4(CC)Cc5cc(-c7nc8cc9c(cc8s7)N7CC(C)(CC)C7S9)ccc54)S6)cc3)(C(F)(F)F)C(F)(F)F)ccc21. The highest BCUT2D eigenvalue weighted by Gasteiger charge is 2.73. The van der Waals surface area contributed by atoms with Crippen molar-refractivity contribution in [2.24, 2.45) is 10.8 Å². The predicted octanol–water partition coefficient (Wildman–Crippen LogP) is 17.1. The van der Waals surface area contributed by atoms with E-state index < -0.39 is 28.9 Å². The number of nitrogens with zero attached hydrogens (tertiary/aromatic N) is 3. The Morgan fingerprint density at radius 3 is 1.87 bits per heavy atom. The lowest BCUT2D eigenvalue weighted by Gasteiger charge is -2.59. The topological polar surface area (TPSA) is 41.1 Å². The maximum Gasteiger partial charge on any atom is 0.411 e. The zero-order valence-electron chi connectivity index (χ0n) is 40.1. The molecule has 7 aromatic rings. The summed E-state index contributed by atoms with van der Waals surface area (Å²) >= 11 is 7.01. The van der Waals surface area contributed by atoms with Gasteiger partial charge >= 0.3 is 12.4 Å². The molecule has 0 bridgehead atoms. The quantitative estimate of drug-likeness (QED) is 0.130. The molecule has 2 aliphatic carbocycles. The van der Waals surface area contributed by atoms with Crippen LogP contribution < -0.4 is 10.2 Å². The number of anilines is 2. The molecule has 4 nitrogen and oxygen atoms in total. The van der Waals surface area contributed by atoms with Crippen LogP contribution in [0.2, 0.25) is 0 Å². The van der Waals surface area contributed by atoms with Crippen LogP contribution in [0.25, 0.3) is 41.6 Å². The summed E-state index contributed by atoms with van der Waals surface area (Å²) in [6, 6.07) is 24.1. The zero-order valence-corrected chi connectivity index (χ0v) is 43.4. The third kappa shape index (κ3) is 6.23. The number of hydrogen-bond donors (Lipinski definition) is 1. The number of rotatable bonds is 11. The largest absolute Gasteiger partial charge is 0.411 e. The molecule has 5 unspecified atom stereocenters. The number of hydrogen-bond acceptors (Lipinski definition) is 8. The summed E-state index contributed by atoms with van der Waals surface area (Å²) in [5.41, 5.74) is 4.12. The highest BCUT2D eigenvalue weighted by atomic mass is 32.2. The van der Waals surface area contributed by atoms with Crippen LogP contribution in [0.1, 0.15) is 114 Å². The molecule has 70 heavy (non-hydrogen) atoms. The highest BCUT2D eigenvalue weighted by Crippen LogP contribution is 2.65. The van der Waals surface area contributed by atoms with Gasteiger partial charge in [0.25, 0.3) is 0 Å². The summed E-state index contributed by atoms with van der Waals surface area (Å²) in [5.74, 6) is 0. The third-order valence-corrected chi connectivity index (χ3v) is 23.1. The maximum absolute atomic E-state index is 15.1. The lowest BCUT2D eigenvalue weighted by atomic mass is 9.47. The molecule has 5 atom stereocenters. The second-order valence-electron chi connectivity index (χ2n) is 21.0. The van der Waals surface area contributed by atoms with E-state index in [1.54, 1.807) is 11.3 Å². The number of nitrogens with one attached hydrogen (secondary N) is 1. The number of thiazole rings is 2. The van der Waals surface area contributed by atoms with Gasteiger partial charge < -0.3 is 10.2 Å². The summed E-state index contributed by atoms with van der Waals surface area (Å²) < 4.78 is 93.0. The van der Waals surface area contributed by atoms with E-state index >= 15 is 26.3 Å². The van der Waals surface area contributed by atoms with E-state index in [9.17, 15) is 0 Å². The Hall–Kier alpha value is -4.24. The van der Waals surface area contributed by atoms with Gasteiger partial charge in [-0.2, -0.15) is 26.3 Å². The van der Waals surface area contributed by atoms with Gasteiger partial charge in [0, 0.05) is 43.7 Å². The number of thioether (sulfide) groups is 2. The van der Waals surface area contributed by atoms with Gasteiger partial charge in [0.15, 0.2) is 0 Å². The Balaban J connectivity index is 0.798. The van der Waals surface area contributed by atoms with Crippen molar-refractivity contribution in [3.8, 4) is 21.1 Å². The average Bonchev–Trinajstić information content (AvgIpc) is 4.11. The van der Waals surface area contributed by atoms with Crippen molar-refractivity contribution >= 4 is 78.0 Å². The average molecular weight is 1030 g/mol. The molecule has 1 fully saturated rings. The molecule has 5 heterocycles. The molecule has 0 radical (unpaired) electrons. The first-order valence-electron chi connectivity index (χ1n) is 24.6. The van der Waals surface area contributed by atoms with Gasteiger partial charge in [0.1, 0.15) is 10.0 Å². The summed E-state index contributed by atoms with van der Waals surface area (Å²) in [7, 11) is 0. The minimum Gasteiger partial charge on any atom is -0.371 e. The molecular weight excluding hydrogens is 971 g/mol. The second-order valence-corrected chi connectivity index (χ2v) is 25.4. The molecule has 0 amide bonds. The van der Waals surface area contributed by atoms with E-state index in [0.717, 1.165) is 99.8 Å². The van der Waals surface area contributed by atoms with Crippen LogP contribution in [0.15, 0.2) is 94.7 Å². The lowest BCUT2D eigenvalue weighted by Crippen LogP contribution is -2.59. The van der Waals surface area contributed by atoms with Gasteiger partial charge in [-0.05, 0) is 114 Å². The molecule has 0 saturated carbocycles. The molecule has 5 aromatic carbocycles. The first-order chi connectivity index (χ1) is 33.3. The van der Waals surface area contributed by atoms with E-state index in [2.05, 4.69) is 87.3 Å². The second kappa shape index (κ2) is 15.6. The van der Waals surface area contributed by atoms with Crippen molar-refractivity contribution in [3.63, 3.8) is 0 Å². The lowest BCUT2D eigenvalue weighted by molar-refractivity contribution is -0.288. The predicted molar refractivity (Wildman–Crippen MR) is 278 cm³/mol. The Labute approximate surface area is 421 Å².